The number of benzene rings is 2. The van der Waals surface area contributed by atoms with Gasteiger partial charge in [0, 0.05) is 43.5 Å². The number of carbonyl (C=O) groups is 1. The summed E-state index contributed by atoms with van der Waals surface area (Å²) in [5.74, 6) is 1.03. The minimum Gasteiger partial charge on any atom is -0.495 e. The van der Waals surface area contributed by atoms with Gasteiger partial charge < -0.3 is 20.3 Å². The Kier molecular flexibility index (Phi) is 6.38. The molecule has 0 atom stereocenters. The van der Waals surface area contributed by atoms with Gasteiger partial charge in [0.2, 0.25) is 5.91 Å². The summed E-state index contributed by atoms with van der Waals surface area (Å²) >= 11 is 9.64. The van der Waals surface area contributed by atoms with Crippen LogP contribution >= 0.6 is 27.5 Å². The van der Waals surface area contributed by atoms with Crippen LogP contribution in [0.1, 0.15) is 0 Å². The van der Waals surface area contributed by atoms with Crippen molar-refractivity contribution in [3.63, 3.8) is 0 Å². The summed E-state index contributed by atoms with van der Waals surface area (Å²) in [6.45, 7) is 2.85. The lowest BCUT2D eigenvalue weighted by molar-refractivity contribution is -0.132. The van der Waals surface area contributed by atoms with Crippen molar-refractivity contribution in [2.75, 3.05) is 43.9 Å². The van der Waals surface area contributed by atoms with E-state index >= 15 is 0 Å². The third-order valence-corrected chi connectivity index (χ3v) is 6.48. The first-order chi connectivity index (χ1) is 15.0. The Balaban J connectivity index is 1.44. The average molecular weight is 505 g/mol. The molecule has 162 valence electrons. The molecule has 31 heavy (non-hydrogen) atoms. The van der Waals surface area contributed by atoms with Crippen molar-refractivity contribution in [2.45, 2.75) is 6.54 Å². The molecule has 2 heterocycles. The van der Waals surface area contributed by atoms with Crippen LogP contribution in [0.25, 0.3) is 11.3 Å². The zero-order valence-corrected chi connectivity index (χ0v) is 19.4. The number of nitrogens with two attached hydrogens (primary N) is 1. The maximum atomic E-state index is 13.0. The number of hydrogen-bond donors (Lipinski definition) is 1. The lowest BCUT2D eigenvalue weighted by atomic mass is 10.1. The topological polar surface area (TPSA) is 76.6 Å². The van der Waals surface area contributed by atoms with Crippen LogP contribution in [0.15, 0.2) is 53.0 Å². The highest BCUT2D eigenvalue weighted by Gasteiger charge is 2.24. The van der Waals surface area contributed by atoms with E-state index in [0.29, 0.717) is 34.2 Å². The number of amides is 1. The van der Waals surface area contributed by atoms with Crippen LogP contribution < -0.4 is 15.4 Å². The fourth-order valence-electron chi connectivity index (χ4n) is 3.73. The Morgan fingerprint density at radius 2 is 1.87 bits per heavy atom. The fraction of sp³-hybridized carbons (Fsp3) is 0.273. The molecule has 0 saturated carbocycles. The van der Waals surface area contributed by atoms with Crippen molar-refractivity contribution < 1.29 is 9.53 Å². The first kappa shape index (κ1) is 21.5. The molecule has 1 saturated heterocycles. The van der Waals surface area contributed by atoms with Crippen molar-refractivity contribution in [1.82, 2.24) is 14.7 Å². The van der Waals surface area contributed by atoms with E-state index < -0.39 is 0 Å². The molecule has 7 nitrogen and oxygen atoms in total. The van der Waals surface area contributed by atoms with E-state index in [1.165, 1.54) is 0 Å². The minimum absolute atomic E-state index is 0.0144. The molecule has 2 N–H and O–H groups in total. The third-order valence-electron chi connectivity index (χ3n) is 5.38. The van der Waals surface area contributed by atoms with Crippen LogP contribution in [-0.4, -0.2) is 53.9 Å². The molecule has 1 fully saturated rings. The van der Waals surface area contributed by atoms with Gasteiger partial charge >= 0.3 is 0 Å². The van der Waals surface area contributed by atoms with Gasteiger partial charge in [-0.1, -0.05) is 41.9 Å². The average Bonchev–Trinajstić information content (AvgIpc) is 3.07. The van der Waals surface area contributed by atoms with Crippen molar-refractivity contribution in [1.29, 1.82) is 0 Å². The first-order valence-corrected chi connectivity index (χ1v) is 11.1. The maximum Gasteiger partial charge on any atom is 0.244 e. The zero-order valence-electron chi connectivity index (χ0n) is 17.1. The molecule has 1 aromatic heterocycles. The number of methoxy groups -OCH3 is 1. The predicted molar refractivity (Wildman–Crippen MR) is 127 cm³/mol. The molecule has 4 rings (SSSR count). The van der Waals surface area contributed by atoms with E-state index in [2.05, 4.69) is 25.9 Å². The Bertz CT molecular complexity index is 1080. The van der Waals surface area contributed by atoms with Gasteiger partial charge in [-0.25, -0.2) is 0 Å². The van der Waals surface area contributed by atoms with Crippen molar-refractivity contribution in [2.24, 2.45) is 0 Å². The minimum atomic E-state index is 0.0144. The van der Waals surface area contributed by atoms with Crippen LogP contribution in [-0.2, 0) is 11.3 Å². The molecule has 1 aliphatic rings. The van der Waals surface area contributed by atoms with Crippen LogP contribution in [0.3, 0.4) is 0 Å². The van der Waals surface area contributed by atoms with Gasteiger partial charge in [-0.05, 0) is 28.1 Å². The first-order valence-electron chi connectivity index (χ1n) is 9.91. The second-order valence-corrected chi connectivity index (χ2v) is 8.46. The third kappa shape index (κ3) is 4.50. The molecule has 0 spiro atoms. The molecule has 1 amide bonds. The van der Waals surface area contributed by atoms with E-state index in [4.69, 9.17) is 22.1 Å². The highest BCUT2D eigenvalue weighted by molar-refractivity contribution is 9.10. The second-order valence-electron chi connectivity index (χ2n) is 7.26. The van der Waals surface area contributed by atoms with Gasteiger partial charge in [0.15, 0.2) is 5.82 Å². The second kappa shape index (κ2) is 9.20. The largest absolute Gasteiger partial charge is 0.495 e. The number of anilines is 2. The molecule has 0 radical (unpaired) electrons. The molecule has 0 aliphatic carbocycles. The highest BCUT2D eigenvalue weighted by Crippen LogP contribution is 2.33. The van der Waals surface area contributed by atoms with E-state index in [-0.39, 0.29) is 12.5 Å². The number of piperazine rings is 1. The van der Waals surface area contributed by atoms with E-state index in [9.17, 15) is 4.79 Å². The molecule has 9 heteroatoms. The smallest absolute Gasteiger partial charge is 0.244 e. The summed E-state index contributed by atoms with van der Waals surface area (Å²) in [4.78, 5) is 17.1. The summed E-state index contributed by atoms with van der Waals surface area (Å²) in [6.07, 6.45) is 0. The summed E-state index contributed by atoms with van der Waals surface area (Å²) in [5.41, 5.74) is 8.81. The van der Waals surface area contributed by atoms with Gasteiger partial charge in [-0.3, -0.25) is 9.48 Å². The maximum absolute atomic E-state index is 13.0. The van der Waals surface area contributed by atoms with E-state index in [1.54, 1.807) is 11.8 Å². The molecule has 3 aromatic rings. The SMILES string of the molecule is COc1cc(N2CCN(C(=O)Cn3nc(N)c(Br)c3-c3ccccc3)CC2)ccc1Cl. The molecule has 0 unspecified atom stereocenters. The number of aromatic nitrogens is 2. The number of carbonyl (C=O) groups excluding carboxylic acids is 1. The van der Waals surface area contributed by atoms with Crippen molar-refractivity contribution >= 4 is 44.9 Å². The Morgan fingerprint density at radius 3 is 2.55 bits per heavy atom. The lowest BCUT2D eigenvalue weighted by Crippen LogP contribution is -2.49. The Hall–Kier alpha value is -2.71. The van der Waals surface area contributed by atoms with E-state index in [1.807, 2.05) is 53.4 Å². The molecular weight excluding hydrogens is 482 g/mol. The van der Waals surface area contributed by atoms with Gasteiger partial charge in [0.1, 0.15) is 12.3 Å². The van der Waals surface area contributed by atoms with Crippen molar-refractivity contribution in [3.8, 4) is 17.0 Å². The monoisotopic (exact) mass is 503 g/mol. The summed E-state index contributed by atoms with van der Waals surface area (Å²) in [6, 6.07) is 15.5. The van der Waals surface area contributed by atoms with Crippen molar-refractivity contribution in [3.05, 3.63) is 58.0 Å². The van der Waals surface area contributed by atoms with Crippen LogP contribution in [0, 0.1) is 0 Å². The Labute approximate surface area is 194 Å². The van der Waals surface area contributed by atoms with Gasteiger partial charge in [-0.15, -0.1) is 0 Å². The Morgan fingerprint density at radius 1 is 1.16 bits per heavy atom. The quantitative estimate of drug-likeness (QED) is 0.570. The number of nitrogens with zero attached hydrogens (tertiary/aromatic N) is 4. The number of ether oxygens (including phenoxy) is 1. The number of rotatable bonds is 5. The normalized spacial score (nSPS) is 14.0. The fourth-order valence-corrected chi connectivity index (χ4v) is 4.44. The number of nitrogen functional groups attached to an aromatic ring is 1. The summed E-state index contributed by atoms with van der Waals surface area (Å²) in [7, 11) is 1.60. The summed E-state index contributed by atoms with van der Waals surface area (Å²) < 4.78 is 7.69. The number of halogens is 2. The molecule has 1 aliphatic heterocycles. The van der Waals surface area contributed by atoms with Crippen LogP contribution in [0.2, 0.25) is 5.02 Å². The van der Waals surface area contributed by atoms with E-state index in [0.717, 1.165) is 30.0 Å². The zero-order chi connectivity index (χ0) is 22.0. The molecular formula is C22H23BrClN5O2. The standard InChI is InChI=1S/C22H23BrClN5O2/c1-31-18-13-16(7-8-17(18)24)27-9-11-28(12-10-27)19(30)14-29-21(20(23)22(25)26-29)15-5-3-2-4-6-15/h2-8,13H,9-12,14H2,1H3,(H2,25,26). The van der Waals surface area contributed by atoms with Crippen LogP contribution in [0.5, 0.6) is 5.75 Å². The van der Waals surface area contributed by atoms with Crippen LogP contribution in [0.4, 0.5) is 11.5 Å². The number of hydrogen-bond acceptors (Lipinski definition) is 5. The predicted octanol–water partition coefficient (Wildman–Crippen LogP) is 3.91. The molecule has 2 aromatic carbocycles. The van der Waals surface area contributed by atoms with Gasteiger partial charge in [0.05, 0.1) is 22.3 Å². The lowest BCUT2D eigenvalue weighted by Gasteiger charge is -2.36. The molecule has 0 bridgehead atoms. The van der Waals surface area contributed by atoms with Gasteiger partial charge in [-0.2, -0.15) is 5.10 Å². The van der Waals surface area contributed by atoms with Gasteiger partial charge in [0.25, 0.3) is 0 Å². The summed E-state index contributed by atoms with van der Waals surface area (Å²) in [5, 5.41) is 4.96. The highest BCUT2D eigenvalue weighted by atomic mass is 79.9.